The molecule has 0 heterocycles. The first-order chi connectivity index (χ1) is 11.6. The van der Waals surface area contributed by atoms with Crippen LogP contribution in [0.5, 0.6) is 0 Å². The Morgan fingerprint density at radius 2 is 1.79 bits per heavy atom. The minimum atomic E-state index is -0.931. The lowest BCUT2D eigenvalue weighted by Gasteiger charge is -2.14. The Kier molecular flexibility index (Phi) is 4.94. The number of amides is 1. The third-order valence-electron chi connectivity index (χ3n) is 4.53. The maximum absolute atomic E-state index is 12.2. The average Bonchev–Trinajstić information content (AvgIpc) is 3.03. The van der Waals surface area contributed by atoms with Gasteiger partial charge in [0, 0.05) is 6.54 Å². The van der Waals surface area contributed by atoms with Gasteiger partial charge < -0.3 is 10.4 Å². The fourth-order valence-corrected chi connectivity index (χ4v) is 3.23. The standard InChI is InChI=1S/C20H21NO3/c22-19(12-14-9-10-15-7-4-8-17(15)11-14)21-13-18(20(23)24)16-5-2-1-3-6-16/h1-3,5-6,9-11,18H,4,7-8,12-13H2,(H,21,22)(H,23,24). The van der Waals surface area contributed by atoms with Gasteiger partial charge in [-0.05, 0) is 41.5 Å². The molecule has 2 aromatic carbocycles. The summed E-state index contributed by atoms with van der Waals surface area (Å²) in [6.45, 7) is 0.100. The van der Waals surface area contributed by atoms with E-state index in [0.717, 1.165) is 18.4 Å². The Morgan fingerprint density at radius 3 is 2.54 bits per heavy atom. The molecule has 1 unspecified atom stereocenters. The van der Waals surface area contributed by atoms with Crippen LogP contribution in [0.3, 0.4) is 0 Å². The highest BCUT2D eigenvalue weighted by atomic mass is 16.4. The van der Waals surface area contributed by atoms with Crippen LogP contribution < -0.4 is 5.32 Å². The largest absolute Gasteiger partial charge is 0.481 e. The number of carbonyl (C=O) groups excluding carboxylic acids is 1. The number of rotatable bonds is 6. The van der Waals surface area contributed by atoms with Crippen LogP contribution in [0.1, 0.15) is 34.6 Å². The first-order valence-corrected chi connectivity index (χ1v) is 8.28. The van der Waals surface area contributed by atoms with Crippen molar-refractivity contribution in [1.82, 2.24) is 5.32 Å². The molecule has 1 aliphatic rings. The second-order valence-electron chi connectivity index (χ2n) is 6.24. The summed E-state index contributed by atoms with van der Waals surface area (Å²) >= 11 is 0. The lowest BCUT2D eigenvalue weighted by atomic mass is 9.99. The van der Waals surface area contributed by atoms with Gasteiger partial charge in [-0.1, -0.05) is 48.5 Å². The van der Waals surface area contributed by atoms with Gasteiger partial charge in [-0.3, -0.25) is 9.59 Å². The summed E-state index contributed by atoms with van der Waals surface area (Å²) in [4.78, 5) is 23.6. The molecule has 0 fully saturated rings. The Hall–Kier alpha value is -2.62. The molecule has 2 aromatic rings. The van der Waals surface area contributed by atoms with Crippen LogP contribution in [-0.2, 0) is 28.9 Å². The molecular formula is C20H21NO3. The molecule has 3 rings (SSSR count). The summed E-state index contributed by atoms with van der Waals surface area (Å²) in [5.74, 6) is -1.80. The molecule has 24 heavy (non-hydrogen) atoms. The Morgan fingerprint density at radius 1 is 1.04 bits per heavy atom. The third-order valence-corrected chi connectivity index (χ3v) is 4.53. The van der Waals surface area contributed by atoms with E-state index in [2.05, 4.69) is 17.4 Å². The average molecular weight is 323 g/mol. The van der Waals surface area contributed by atoms with Crippen molar-refractivity contribution in [2.24, 2.45) is 0 Å². The molecule has 4 heteroatoms. The molecule has 1 amide bonds. The minimum Gasteiger partial charge on any atom is -0.481 e. The number of nitrogens with one attached hydrogen (secondary N) is 1. The molecule has 0 bridgehead atoms. The summed E-state index contributed by atoms with van der Waals surface area (Å²) in [5.41, 5.74) is 4.41. The number of carboxylic acid groups (broad SMARTS) is 1. The molecule has 124 valence electrons. The van der Waals surface area contributed by atoms with E-state index in [1.807, 2.05) is 12.1 Å². The fraction of sp³-hybridized carbons (Fsp3) is 0.300. The smallest absolute Gasteiger partial charge is 0.312 e. The van der Waals surface area contributed by atoms with Crippen molar-refractivity contribution in [2.75, 3.05) is 6.54 Å². The molecule has 4 nitrogen and oxygen atoms in total. The monoisotopic (exact) mass is 323 g/mol. The molecule has 1 aliphatic carbocycles. The van der Waals surface area contributed by atoms with Crippen molar-refractivity contribution >= 4 is 11.9 Å². The van der Waals surface area contributed by atoms with E-state index in [1.54, 1.807) is 24.3 Å². The Balaban J connectivity index is 1.59. The minimum absolute atomic E-state index is 0.100. The number of carboxylic acids is 1. The van der Waals surface area contributed by atoms with E-state index in [0.29, 0.717) is 5.56 Å². The molecule has 0 radical (unpaired) electrons. The van der Waals surface area contributed by atoms with Crippen molar-refractivity contribution < 1.29 is 14.7 Å². The topological polar surface area (TPSA) is 66.4 Å². The maximum Gasteiger partial charge on any atom is 0.312 e. The van der Waals surface area contributed by atoms with Crippen molar-refractivity contribution in [3.63, 3.8) is 0 Å². The summed E-state index contributed by atoms with van der Waals surface area (Å²) in [6.07, 6.45) is 3.68. The van der Waals surface area contributed by atoms with Crippen LogP contribution >= 0.6 is 0 Å². The number of hydrogen-bond acceptors (Lipinski definition) is 2. The zero-order chi connectivity index (χ0) is 16.9. The third kappa shape index (κ3) is 3.82. The molecule has 2 N–H and O–H groups in total. The van der Waals surface area contributed by atoms with E-state index in [4.69, 9.17) is 0 Å². The normalized spacial score (nSPS) is 14.0. The number of carbonyl (C=O) groups is 2. The summed E-state index contributed by atoms with van der Waals surface area (Å²) in [6, 6.07) is 15.2. The van der Waals surface area contributed by atoms with Crippen molar-refractivity contribution in [1.29, 1.82) is 0 Å². The van der Waals surface area contributed by atoms with Crippen LogP contribution in [0, 0.1) is 0 Å². The van der Waals surface area contributed by atoms with E-state index < -0.39 is 11.9 Å². The van der Waals surface area contributed by atoms with E-state index in [1.165, 1.54) is 17.5 Å². The fourth-order valence-electron chi connectivity index (χ4n) is 3.23. The number of benzene rings is 2. The SMILES string of the molecule is O=C(Cc1ccc2c(c1)CCC2)NCC(C(=O)O)c1ccccc1. The molecule has 0 saturated carbocycles. The van der Waals surface area contributed by atoms with Crippen LogP contribution in [0.2, 0.25) is 0 Å². The molecular weight excluding hydrogens is 302 g/mol. The maximum atomic E-state index is 12.2. The predicted octanol–water partition coefficient (Wildman–Crippen LogP) is 2.70. The highest BCUT2D eigenvalue weighted by Crippen LogP contribution is 2.23. The predicted molar refractivity (Wildman–Crippen MR) is 92.0 cm³/mol. The van der Waals surface area contributed by atoms with Gasteiger partial charge in [-0.15, -0.1) is 0 Å². The van der Waals surface area contributed by atoms with Crippen molar-refractivity contribution in [3.8, 4) is 0 Å². The lowest BCUT2D eigenvalue weighted by Crippen LogP contribution is -2.32. The van der Waals surface area contributed by atoms with Crippen molar-refractivity contribution in [3.05, 3.63) is 70.8 Å². The van der Waals surface area contributed by atoms with Gasteiger partial charge in [-0.2, -0.15) is 0 Å². The van der Waals surface area contributed by atoms with Gasteiger partial charge in [0.15, 0.2) is 0 Å². The Bertz CT molecular complexity index is 740. The van der Waals surface area contributed by atoms with Crippen LogP contribution in [-0.4, -0.2) is 23.5 Å². The zero-order valence-electron chi connectivity index (χ0n) is 13.5. The number of hydrogen-bond donors (Lipinski definition) is 2. The lowest BCUT2D eigenvalue weighted by molar-refractivity contribution is -0.138. The van der Waals surface area contributed by atoms with Gasteiger partial charge in [0.2, 0.25) is 5.91 Å². The highest BCUT2D eigenvalue weighted by Gasteiger charge is 2.20. The van der Waals surface area contributed by atoms with Gasteiger partial charge in [0.25, 0.3) is 0 Å². The Labute approximate surface area is 141 Å². The number of aryl methyl sites for hydroxylation is 2. The molecule has 0 aromatic heterocycles. The second-order valence-corrected chi connectivity index (χ2v) is 6.24. The number of fused-ring (bicyclic) bond motifs is 1. The van der Waals surface area contributed by atoms with Gasteiger partial charge in [0.1, 0.15) is 0 Å². The highest BCUT2D eigenvalue weighted by molar-refractivity contribution is 5.81. The van der Waals surface area contributed by atoms with Crippen molar-refractivity contribution in [2.45, 2.75) is 31.6 Å². The molecule has 0 aliphatic heterocycles. The van der Waals surface area contributed by atoms with E-state index in [9.17, 15) is 14.7 Å². The van der Waals surface area contributed by atoms with Gasteiger partial charge in [-0.25, -0.2) is 0 Å². The number of aliphatic carboxylic acids is 1. The summed E-state index contributed by atoms with van der Waals surface area (Å²) in [5, 5.41) is 12.1. The quantitative estimate of drug-likeness (QED) is 0.859. The zero-order valence-corrected chi connectivity index (χ0v) is 13.5. The molecule has 0 spiro atoms. The first-order valence-electron chi connectivity index (χ1n) is 8.28. The molecule has 1 atom stereocenters. The van der Waals surface area contributed by atoms with Crippen LogP contribution in [0.4, 0.5) is 0 Å². The van der Waals surface area contributed by atoms with Crippen LogP contribution in [0.15, 0.2) is 48.5 Å². The van der Waals surface area contributed by atoms with Gasteiger partial charge in [0.05, 0.1) is 12.3 Å². The first kappa shape index (κ1) is 16.2. The summed E-state index contributed by atoms with van der Waals surface area (Å²) < 4.78 is 0. The van der Waals surface area contributed by atoms with Gasteiger partial charge >= 0.3 is 5.97 Å². The van der Waals surface area contributed by atoms with E-state index >= 15 is 0 Å². The summed E-state index contributed by atoms with van der Waals surface area (Å²) in [7, 11) is 0. The van der Waals surface area contributed by atoms with Crippen LogP contribution in [0.25, 0.3) is 0 Å². The van der Waals surface area contributed by atoms with E-state index in [-0.39, 0.29) is 18.9 Å². The second kappa shape index (κ2) is 7.30. The molecule has 0 saturated heterocycles.